The molecule has 0 heterocycles. The van der Waals surface area contributed by atoms with Crippen LogP contribution in [0.15, 0.2) is 24.3 Å². The fourth-order valence-electron chi connectivity index (χ4n) is 1.34. The summed E-state index contributed by atoms with van der Waals surface area (Å²) in [6.45, 7) is 5.84. The van der Waals surface area contributed by atoms with Gasteiger partial charge in [0.05, 0.1) is 5.60 Å². The first-order chi connectivity index (χ1) is 8.28. The summed E-state index contributed by atoms with van der Waals surface area (Å²) < 4.78 is 5.42. The molecule has 18 heavy (non-hydrogen) atoms. The summed E-state index contributed by atoms with van der Waals surface area (Å²) in [5, 5.41) is 2.82. The first kappa shape index (κ1) is 14.5. The highest BCUT2D eigenvalue weighted by Gasteiger charge is 2.13. The van der Waals surface area contributed by atoms with Gasteiger partial charge in [0.1, 0.15) is 6.61 Å². The topological polar surface area (TPSA) is 41.6 Å². The van der Waals surface area contributed by atoms with Gasteiger partial charge in [-0.3, -0.25) is 4.79 Å². The Kier molecular flexibility index (Phi) is 4.73. The summed E-state index contributed by atoms with van der Waals surface area (Å²) in [4.78, 5) is 13.7. The molecule has 0 atom stereocenters. The minimum Gasteiger partial charge on any atom is -0.378 e. The predicted molar refractivity (Wildman–Crippen MR) is 75.1 cm³/mol. The van der Waals surface area contributed by atoms with Crippen molar-refractivity contribution >= 4 is 17.3 Å². The van der Waals surface area contributed by atoms with E-state index in [1.807, 2.05) is 64.0 Å². The number of rotatable bonds is 4. The number of hydrogen-bond donors (Lipinski definition) is 1. The second-order valence-electron chi connectivity index (χ2n) is 5.39. The smallest absolute Gasteiger partial charge is 0.250 e. The number of carbonyl (C=O) groups is 1. The van der Waals surface area contributed by atoms with Crippen molar-refractivity contribution in [1.82, 2.24) is 0 Å². The van der Waals surface area contributed by atoms with Crippen molar-refractivity contribution in [2.75, 3.05) is 30.9 Å². The van der Waals surface area contributed by atoms with E-state index >= 15 is 0 Å². The molecule has 0 unspecified atom stereocenters. The van der Waals surface area contributed by atoms with E-state index in [0.717, 1.165) is 11.4 Å². The number of nitrogens with one attached hydrogen (secondary N) is 1. The van der Waals surface area contributed by atoms with E-state index in [2.05, 4.69) is 5.32 Å². The normalized spacial score (nSPS) is 11.2. The SMILES string of the molecule is CN(C)c1cccc(NC(=O)COC(C)(C)C)c1. The Bertz CT molecular complexity index is 409. The van der Waals surface area contributed by atoms with E-state index in [0.29, 0.717) is 0 Å². The van der Waals surface area contributed by atoms with Crippen molar-refractivity contribution in [2.45, 2.75) is 26.4 Å². The fraction of sp³-hybridized carbons (Fsp3) is 0.500. The summed E-state index contributed by atoms with van der Waals surface area (Å²) in [5.74, 6) is -0.138. The predicted octanol–water partition coefficient (Wildman–Crippen LogP) is 2.51. The molecule has 1 aromatic rings. The van der Waals surface area contributed by atoms with Gasteiger partial charge in [0.25, 0.3) is 0 Å². The van der Waals surface area contributed by atoms with Crippen molar-refractivity contribution in [1.29, 1.82) is 0 Å². The highest BCUT2D eigenvalue weighted by Crippen LogP contribution is 2.17. The van der Waals surface area contributed by atoms with Gasteiger partial charge in [-0.25, -0.2) is 0 Å². The number of hydrogen-bond acceptors (Lipinski definition) is 3. The molecule has 0 bridgehead atoms. The number of anilines is 2. The molecule has 0 saturated heterocycles. The Hall–Kier alpha value is -1.55. The molecule has 100 valence electrons. The summed E-state index contributed by atoms with van der Waals surface area (Å²) >= 11 is 0. The average molecular weight is 250 g/mol. The molecule has 0 aromatic heterocycles. The monoisotopic (exact) mass is 250 g/mol. The van der Waals surface area contributed by atoms with Crippen LogP contribution < -0.4 is 10.2 Å². The third-order valence-electron chi connectivity index (χ3n) is 2.28. The molecule has 0 saturated carbocycles. The Balaban J connectivity index is 2.57. The van der Waals surface area contributed by atoms with E-state index < -0.39 is 0 Å². The van der Waals surface area contributed by atoms with Gasteiger partial charge in [-0.1, -0.05) is 6.07 Å². The van der Waals surface area contributed by atoms with Gasteiger partial charge < -0.3 is 15.0 Å². The first-order valence-electron chi connectivity index (χ1n) is 5.99. The molecule has 0 spiro atoms. The maximum Gasteiger partial charge on any atom is 0.250 e. The number of ether oxygens (including phenoxy) is 1. The van der Waals surface area contributed by atoms with Gasteiger partial charge in [-0.15, -0.1) is 0 Å². The third kappa shape index (κ3) is 5.19. The second kappa shape index (κ2) is 5.87. The Labute approximate surface area is 109 Å². The standard InChI is InChI=1S/C14H22N2O2/c1-14(2,3)18-10-13(17)15-11-7-6-8-12(9-11)16(4)5/h6-9H,10H2,1-5H3,(H,15,17). The van der Waals surface area contributed by atoms with E-state index in [4.69, 9.17) is 4.74 Å². The van der Waals surface area contributed by atoms with Gasteiger partial charge in [-0.05, 0) is 39.0 Å². The molecule has 1 aromatic carbocycles. The quantitative estimate of drug-likeness (QED) is 0.892. The number of carbonyl (C=O) groups excluding carboxylic acids is 1. The Morgan fingerprint density at radius 2 is 2.00 bits per heavy atom. The van der Waals surface area contributed by atoms with E-state index in [-0.39, 0.29) is 18.1 Å². The van der Waals surface area contributed by atoms with Crippen LogP contribution in [-0.4, -0.2) is 32.2 Å². The summed E-state index contributed by atoms with van der Waals surface area (Å²) in [6.07, 6.45) is 0. The van der Waals surface area contributed by atoms with Crippen molar-refractivity contribution in [3.63, 3.8) is 0 Å². The second-order valence-corrected chi connectivity index (χ2v) is 5.39. The van der Waals surface area contributed by atoms with Crippen LogP contribution in [0.5, 0.6) is 0 Å². The van der Waals surface area contributed by atoms with Crippen LogP contribution in [0.1, 0.15) is 20.8 Å². The van der Waals surface area contributed by atoms with Gasteiger partial charge in [0, 0.05) is 25.5 Å². The van der Waals surface area contributed by atoms with Crippen molar-refractivity contribution < 1.29 is 9.53 Å². The molecular formula is C14H22N2O2. The zero-order chi connectivity index (χ0) is 13.8. The summed E-state index contributed by atoms with van der Waals surface area (Å²) in [6, 6.07) is 7.69. The van der Waals surface area contributed by atoms with E-state index in [1.165, 1.54) is 0 Å². The Morgan fingerprint density at radius 3 is 2.56 bits per heavy atom. The summed E-state index contributed by atoms with van der Waals surface area (Å²) in [5.41, 5.74) is 1.52. The van der Waals surface area contributed by atoms with E-state index in [9.17, 15) is 4.79 Å². The lowest BCUT2D eigenvalue weighted by molar-refractivity contribution is -0.125. The van der Waals surface area contributed by atoms with Crippen LogP contribution in [-0.2, 0) is 9.53 Å². The first-order valence-corrected chi connectivity index (χ1v) is 5.99. The Morgan fingerprint density at radius 1 is 1.33 bits per heavy atom. The van der Waals surface area contributed by atoms with Crippen LogP contribution in [0, 0.1) is 0 Å². The molecule has 4 nitrogen and oxygen atoms in total. The van der Waals surface area contributed by atoms with Crippen LogP contribution in [0.3, 0.4) is 0 Å². The average Bonchev–Trinajstić information content (AvgIpc) is 2.26. The minimum absolute atomic E-state index is 0.0652. The number of amides is 1. The van der Waals surface area contributed by atoms with Crippen LogP contribution >= 0.6 is 0 Å². The lowest BCUT2D eigenvalue weighted by Gasteiger charge is -2.19. The van der Waals surface area contributed by atoms with Crippen molar-refractivity contribution in [3.05, 3.63) is 24.3 Å². The molecule has 0 radical (unpaired) electrons. The van der Waals surface area contributed by atoms with Crippen molar-refractivity contribution in [3.8, 4) is 0 Å². The molecule has 1 N–H and O–H groups in total. The minimum atomic E-state index is -0.303. The lowest BCUT2D eigenvalue weighted by Crippen LogP contribution is -2.27. The maximum atomic E-state index is 11.7. The zero-order valence-corrected chi connectivity index (χ0v) is 11.8. The van der Waals surface area contributed by atoms with Crippen LogP contribution in [0.2, 0.25) is 0 Å². The molecule has 1 rings (SSSR count). The van der Waals surface area contributed by atoms with Crippen LogP contribution in [0.4, 0.5) is 11.4 Å². The molecular weight excluding hydrogens is 228 g/mol. The van der Waals surface area contributed by atoms with Crippen molar-refractivity contribution in [2.24, 2.45) is 0 Å². The third-order valence-corrected chi connectivity index (χ3v) is 2.28. The highest BCUT2D eigenvalue weighted by molar-refractivity contribution is 5.92. The molecule has 1 amide bonds. The molecule has 0 aliphatic heterocycles. The molecule has 4 heteroatoms. The number of nitrogens with zero attached hydrogens (tertiary/aromatic N) is 1. The maximum absolute atomic E-state index is 11.7. The highest BCUT2D eigenvalue weighted by atomic mass is 16.5. The molecule has 0 fully saturated rings. The fourth-order valence-corrected chi connectivity index (χ4v) is 1.34. The largest absolute Gasteiger partial charge is 0.378 e. The van der Waals surface area contributed by atoms with Crippen LogP contribution in [0.25, 0.3) is 0 Å². The zero-order valence-electron chi connectivity index (χ0n) is 11.8. The molecule has 0 aliphatic rings. The summed E-state index contributed by atoms with van der Waals surface area (Å²) in [7, 11) is 3.92. The number of benzene rings is 1. The van der Waals surface area contributed by atoms with E-state index in [1.54, 1.807) is 0 Å². The lowest BCUT2D eigenvalue weighted by atomic mass is 10.2. The molecule has 0 aliphatic carbocycles. The van der Waals surface area contributed by atoms with Gasteiger partial charge >= 0.3 is 0 Å². The van der Waals surface area contributed by atoms with Gasteiger partial charge in [-0.2, -0.15) is 0 Å². The van der Waals surface area contributed by atoms with Gasteiger partial charge in [0.2, 0.25) is 5.91 Å². The van der Waals surface area contributed by atoms with Gasteiger partial charge in [0.15, 0.2) is 0 Å².